The van der Waals surface area contributed by atoms with Gasteiger partial charge >= 0.3 is 0 Å². The smallest absolute Gasteiger partial charge is 0.243 e. The molecule has 0 aliphatic rings. The van der Waals surface area contributed by atoms with E-state index in [9.17, 15) is 4.79 Å². The summed E-state index contributed by atoms with van der Waals surface area (Å²) in [6.07, 6.45) is 0.915. The molecule has 0 unspecified atom stereocenters. The maximum absolute atomic E-state index is 12.0. The highest BCUT2D eigenvalue weighted by Crippen LogP contribution is 2.25. The first kappa shape index (κ1) is 16.7. The van der Waals surface area contributed by atoms with Crippen molar-refractivity contribution < 1.29 is 4.79 Å². The number of nitrogens with one attached hydrogen (secondary N) is 2. The molecule has 5 heteroatoms. The number of carbonyl (C=O) groups is 1. The second-order valence-electron chi connectivity index (χ2n) is 4.99. The molecule has 0 bridgehead atoms. The van der Waals surface area contributed by atoms with E-state index in [0.717, 1.165) is 17.7 Å². The predicted octanol–water partition coefficient (Wildman–Crippen LogP) is 4.91. The summed E-state index contributed by atoms with van der Waals surface area (Å²) in [5, 5.41) is 6.88. The van der Waals surface area contributed by atoms with Crippen molar-refractivity contribution in [3.05, 3.63) is 57.6 Å². The lowest BCUT2D eigenvalue weighted by Crippen LogP contribution is -2.22. The second-order valence-corrected chi connectivity index (χ2v) is 5.81. The molecule has 0 aromatic heterocycles. The third-order valence-electron chi connectivity index (χ3n) is 3.37. The van der Waals surface area contributed by atoms with Crippen LogP contribution in [0.15, 0.2) is 36.4 Å². The zero-order valence-electron chi connectivity index (χ0n) is 12.5. The molecule has 0 heterocycles. The maximum Gasteiger partial charge on any atom is 0.243 e. The van der Waals surface area contributed by atoms with Gasteiger partial charge in [-0.3, -0.25) is 4.79 Å². The Morgan fingerprint density at radius 3 is 2.59 bits per heavy atom. The van der Waals surface area contributed by atoms with Gasteiger partial charge in [-0.05, 0) is 42.7 Å². The van der Waals surface area contributed by atoms with E-state index in [0.29, 0.717) is 15.7 Å². The van der Waals surface area contributed by atoms with Gasteiger partial charge in [-0.2, -0.15) is 0 Å². The van der Waals surface area contributed by atoms with Gasteiger partial charge in [0.25, 0.3) is 0 Å². The Labute approximate surface area is 140 Å². The Kier molecular flexibility index (Phi) is 5.69. The fourth-order valence-electron chi connectivity index (χ4n) is 2.22. The minimum absolute atomic E-state index is 0.135. The highest BCUT2D eigenvalue weighted by Gasteiger charge is 2.08. The molecule has 2 N–H and O–H groups in total. The molecule has 0 atom stereocenters. The average molecular weight is 337 g/mol. The van der Waals surface area contributed by atoms with Crippen molar-refractivity contribution in [3.63, 3.8) is 0 Å². The summed E-state index contributed by atoms with van der Waals surface area (Å²) in [7, 11) is 0. The SMILES string of the molecule is CCc1cccc(C)c1NCC(=O)Nc1ccc(Cl)c(Cl)c1. The fraction of sp³-hybridized carbons (Fsp3) is 0.235. The quantitative estimate of drug-likeness (QED) is 0.813. The molecule has 2 aromatic carbocycles. The fourth-order valence-corrected chi connectivity index (χ4v) is 2.52. The molecule has 0 saturated carbocycles. The summed E-state index contributed by atoms with van der Waals surface area (Å²) in [5.41, 5.74) is 3.97. The van der Waals surface area contributed by atoms with Crippen LogP contribution in [0.2, 0.25) is 10.0 Å². The topological polar surface area (TPSA) is 41.1 Å². The minimum Gasteiger partial charge on any atom is -0.376 e. The summed E-state index contributed by atoms with van der Waals surface area (Å²) in [6.45, 7) is 4.31. The number of hydrogen-bond acceptors (Lipinski definition) is 2. The zero-order valence-corrected chi connectivity index (χ0v) is 14.1. The molecule has 0 radical (unpaired) electrons. The Hall–Kier alpha value is -1.71. The molecule has 2 aromatic rings. The standard InChI is InChI=1S/C17H18Cl2N2O/c1-3-12-6-4-5-11(2)17(12)20-10-16(22)21-13-7-8-14(18)15(19)9-13/h4-9,20H,3,10H2,1-2H3,(H,21,22). The first-order valence-corrected chi connectivity index (χ1v) is 7.84. The number of amides is 1. The van der Waals surface area contributed by atoms with E-state index < -0.39 is 0 Å². The Bertz CT molecular complexity index is 686. The molecule has 1 amide bonds. The molecule has 0 saturated heterocycles. The van der Waals surface area contributed by atoms with E-state index in [4.69, 9.17) is 23.2 Å². The van der Waals surface area contributed by atoms with Gasteiger partial charge in [0.15, 0.2) is 0 Å². The summed E-state index contributed by atoms with van der Waals surface area (Å²) in [4.78, 5) is 12.0. The lowest BCUT2D eigenvalue weighted by Gasteiger charge is -2.14. The van der Waals surface area contributed by atoms with Crippen molar-refractivity contribution in [1.82, 2.24) is 0 Å². The van der Waals surface area contributed by atoms with Gasteiger partial charge in [-0.1, -0.05) is 48.3 Å². The third-order valence-corrected chi connectivity index (χ3v) is 4.11. The number of carbonyl (C=O) groups excluding carboxylic acids is 1. The molecule has 22 heavy (non-hydrogen) atoms. The van der Waals surface area contributed by atoms with Gasteiger partial charge in [0.2, 0.25) is 5.91 Å². The average Bonchev–Trinajstić information content (AvgIpc) is 2.49. The molecule has 0 spiro atoms. The monoisotopic (exact) mass is 336 g/mol. The predicted molar refractivity (Wildman–Crippen MR) is 94.1 cm³/mol. The van der Waals surface area contributed by atoms with Crippen LogP contribution in [0.25, 0.3) is 0 Å². The van der Waals surface area contributed by atoms with Crippen LogP contribution in [0.3, 0.4) is 0 Å². The highest BCUT2D eigenvalue weighted by atomic mass is 35.5. The number of rotatable bonds is 5. The van der Waals surface area contributed by atoms with Crippen molar-refractivity contribution in [1.29, 1.82) is 0 Å². The lowest BCUT2D eigenvalue weighted by atomic mass is 10.1. The molecule has 0 fully saturated rings. The van der Waals surface area contributed by atoms with Gasteiger partial charge < -0.3 is 10.6 Å². The van der Waals surface area contributed by atoms with E-state index in [-0.39, 0.29) is 12.5 Å². The van der Waals surface area contributed by atoms with E-state index in [1.807, 2.05) is 19.1 Å². The van der Waals surface area contributed by atoms with Crippen LogP contribution in [0.4, 0.5) is 11.4 Å². The molecule has 116 valence electrons. The van der Waals surface area contributed by atoms with Crippen LogP contribution >= 0.6 is 23.2 Å². The van der Waals surface area contributed by atoms with Crippen molar-refractivity contribution >= 4 is 40.5 Å². The van der Waals surface area contributed by atoms with Crippen LogP contribution in [0, 0.1) is 6.92 Å². The van der Waals surface area contributed by atoms with Crippen molar-refractivity contribution in [3.8, 4) is 0 Å². The lowest BCUT2D eigenvalue weighted by molar-refractivity contribution is -0.114. The van der Waals surface area contributed by atoms with Crippen LogP contribution in [-0.2, 0) is 11.2 Å². The number of halogens is 2. The van der Waals surface area contributed by atoms with Gasteiger partial charge in [0.05, 0.1) is 16.6 Å². The van der Waals surface area contributed by atoms with E-state index in [1.165, 1.54) is 5.56 Å². The van der Waals surface area contributed by atoms with Crippen LogP contribution < -0.4 is 10.6 Å². The Morgan fingerprint density at radius 2 is 1.91 bits per heavy atom. The van der Waals surface area contributed by atoms with Crippen LogP contribution in [0.5, 0.6) is 0 Å². The number of para-hydroxylation sites is 1. The molecule has 2 rings (SSSR count). The summed E-state index contributed by atoms with van der Waals surface area (Å²) in [6, 6.07) is 11.1. The highest BCUT2D eigenvalue weighted by molar-refractivity contribution is 6.42. The Balaban J connectivity index is 2.00. The van der Waals surface area contributed by atoms with E-state index in [2.05, 4.69) is 23.6 Å². The number of aryl methyl sites for hydroxylation is 2. The first-order chi connectivity index (χ1) is 10.5. The molecule has 3 nitrogen and oxygen atoms in total. The number of hydrogen-bond donors (Lipinski definition) is 2. The molecule has 0 aliphatic carbocycles. The number of benzene rings is 2. The van der Waals surface area contributed by atoms with Gasteiger partial charge in [-0.25, -0.2) is 0 Å². The van der Waals surface area contributed by atoms with Crippen LogP contribution in [-0.4, -0.2) is 12.5 Å². The summed E-state index contributed by atoms with van der Waals surface area (Å²) in [5.74, 6) is -0.135. The Morgan fingerprint density at radius 1 is 1.14 bits per heavy atom. The normalized spacial score (nSPS) is 10.4. The first-order valence-electron chi connectivity index (χ1n) is 7.08. The third kappa shape index (κ3) is 4.15. The minimum atomic E-state index is -0.135. The summed E-state index contributed by atoms with van der Waals surface area (Å²) >= 11 is 11.8. The molecule has 0 aliphatic heterocycles. The number of anilines is 2. The maximum atomic E-state index is 12.0. The van der Waals surface area contributed by atoms with Crippen molar-refractivity contribution in [2.75, 3.05) is 17.2 Å². The van der Waals surface area contributed by atoms with Crippen molar-refractivity contribution in [2.24, 2.45) is 0 Å². The van der Waals surface area contributed by atoms with Gasteiger partial charge in [0, 0.05) is 11.4 Å². The van der Waals surface area contributed by atoms with Gasteiger partial charge in [0.1, 0.15) is 0 Å². The summed E-state index contributed by atoms with van der Waals surface area (Å²) < 4.78 is 0. The van der Waals surface area contributed by atoms with E-state index >= 15 is 0 Å². The van der Waals surface area contributed by atoms with Crippen molar-refractivity contribution in [2.45, 2.75) is 20.3 Å². The molecular weight excluding hydrogens is 319 g/mol. The molecular formula is C17H18Cl2N2O. The van der Waals surface area contributed by atoms with Gasteiger partial charge in [-0.15, -0.1) is 0 Å². The second kappa shape index (κ2) is 7.52. The zero-order chi connectivity index (χ0) is 16.1. The largest absolute Gasteiger partial charge is 0.376 e. The van der Waals surface area contributed by atoms with Crippen LogP contribution in [0.1, 0.15) is 18.1 Å². The van der Waals surface area contributed by atoms with E-state index in [1.54, 1.807) is 18.2 Å².